The molecular formula is C16H10N4O3. The van der Waals surface area contributed by atoms with Crippen molar-refractivity contribution in [2.24, 2.45) is 0 Å². The molecule has 0 aliphatic heterocycles. The molecule has 112 valence electrons. The quantitative estimate of drug-likeness (QED) is 0.794. The van der Waals surface area contributed by atoms with Gasteiger partial charge in [0.05, 0.1) is 11.6 Å². The van der Waals surface area contributed by atoms with Crippen molar-refractivity contribution < 1.29 is 14.7 Å². The van der Waals surface area contributed by atoms with E-state index < -0.39 is 5.97 Å². The van der Waals surface area contributed by atoms with Crippen molar-refractivity contribution in [2.45, 2.75) is 0 Å². The van der Waals surface area contributed by atoms with Crippen LogP contribution < -0.4 is 4.84 Å². The summed E-state index contributed by atoms with van der Waals surface area (Å²) in [5, 5.41) is 24.7. The van der Waals surface area contributed by atoms with Gasteiger partial charge in [-0.2, -0.15) is 5.26 Å². The first kappa shape index (κ1) is 14.3. The minimum atomic E-state index is -1.17. The number of hydrogen-bond donors (Lipinski definition) is 1. The SMILES string of the molecule is N#Cc1ccc(-c2cccc(On3cc(C(=O)O)nn3)c2)cc1. The minimum absolute atomic E-state index is 0.201. The van der Waals surface area contributed by atoms with E-state index in [1.54, 1.807) is 30.3 Å². The minimum Gasteiger partial charge on any atom is -0.476 e. The number of nitrogens with zero attached hydrogens (tertiary/aromatic N) is 4. The molecular weight excluding hydrogens is 296 g/mol. The van der Waals surface area contributed by atoms with Crippen LogP contribution in [0.4, 0.5) is 0 Å². The van der Waals surface area contributed by atoms with Crippen molar-refractivity contribution >= 4 is 5.97 Å². The average Bonchev–Trinajstić information content (AvgIpc) is 3.04. The lowest BCUT2D eigenvalue weighted by Gasteiger charge is -2.06. The van der Waals surface area contributed by atoms with Crippen LogP contribution in [0.15, 0.2) is 54.7 Å². The third-order valence-electron chi connectivity index (χ3n) is 3.07. The molecule has 0 spiro atoms. The van der Waals surface area contributed by atoms with Crippen LogP contribution in [0.25, 0.3) is 11.1 Å². The molecule has 0 saturated carbocycles. The Kier molecular flexibility index (Phi) is 3.72. The number of hydrogen-bond acceptors (Lipinski definition) is 5. The van der Waals surface area contributed by atoms with Gasteiger partial charge in [-0.25, -0.2) is 4.79 Å². The zero-order chi connectivity index (χ0) is 16.2. The topological polar surface area (TPSA) is 101 Å². The van der Waals surface area contributed by atoms with Gasteiger partial charge >= 0.3 is 5.97 Å². The summed E-state index contributed by atoms with van der Waals surface area (Å²) in [6.07, 6.45) is 1.18. The lowest BCUT2D eigenvalue weighted by atomic mass is 10.0. The molecule has 1 N–H and O–H groups in total. The summed E-state index contributed by atoms with van der Waals surface area (Å²) < 4.78 is 0. The van der Waals surface area contributed by atoms with Crippen LogP contribution in [0.1, 0.15) is 16.1 Å². The first-order valence-electron chi connectivity index (χ1n) is 6.60. The first-order chi connectivity index (χ1) is 11.2. The van der Waals surface area contributed by atoms with E-state index in [1.807, 2.05) is 18.2 Å². The van der Waals surface area contributed by atoms with E-state index in [4.69, 9.17) is 15.2 Å². The van der Waals surface area contributed by atoms with Gasteiger partial charge in [-0.15, -0.1) is 5.10 Å². The highest BCUT2D eigenvalue weighted by Crippen LogP contribution is 2.24. The summed E-state index contributed by atoms with van der Waals surface area (Å²) in [4.78, 5) is 17.2. The summed E-state index contributed by atoms with van der Waals surface area (Å²) >= 11 is 0. The lowest BCUT2D eigenvalue weighted by molar-refractivity contribution is 0.0690. The summed E-state index contributed by atoms with van der Waals surface area (Å²) in [7, 11) is 0. The van der Waals surface area contributed by atoms with E-state index in [-0.39, 0.29) is 5.69 Å². The van der Waals surface area contributed by atoms with E-state index >= 15 is 0 Å². The highest BCUT2D eigenvalue weighted by atomic mass is 16.7. The standard InChI is InChI=1S/C16H10N4O3/c17-9-11-4-6-12(7-5-11)13-2-1-3-14(8-13)23-20-10-15(16(21)22)18-19-20/h1-8,10H,(H,21,22). The molecule has 0 bridgehead atoms. The van der Waals surface area contributed by atoms with Gasteiger partial charge in [0.2, 0.25) is 0 Å². The second-order valence-electron chi connectivity index (χ2n) is 4.62. The van der Waals surface area contributed by atoms with Crippen molar-refractivity contribution in [3.8, 4) is 22.9 Å². The van der Waals surface area contributed by atoms with Crippen LogP contribution in [-0.2, 0) is 0 Å². The highest BCUT2D eigenvalue weighted by molar-refractivity contribution is 5.84. The monoisotopic (exact) mass is 306 g/mol. The first-order valence-corrected chi connectivity index (χ1v) is 6.60. The lowest BCUT2D eigenvalue weighted by Crippen LogP contribution is -2.05. The molecule has 7 heteroatoms. The largest absolute Gasteiger partial charge is 0.476 e. The molecule has 0 fully saturated rings. The Hall–Kier alpha value is -3.66. The Labute approximate surface area is 130 Å². The number of carboxylic acids is 1. The zero-order valence-electron chi connectivity index (χ0n) is 11.7. The van der Waals surface area contributed by atoms with E-state index in [1.165, 1.54) is 6.20 Å². The third-order valence-corrected chi connectivity index (χ3v) is 3.07. The van der Waals surface area contributed by atoms with Crippen LogP contribution in [-0.4, -0.2) is 26.2 Å². The molecule has 1 heterocycles. The normalized spacial score (nSPS) is 10.0. The number of rotatable bonds is 4. The fourth-order valence-corrected chi connectivity index (χ4v) is 1.97. The maximum absolute atomic E-state index is 10.8. The van der Waals surface area contributed by atoms with E-state index in [0.29, 0.717) is 11.3 Å². The predicted octanol–water partition coefficient (Wildman–Crippen LogP) is 2.36. The molecule has 0 aliphatic rings. The van der Waals surface area contributed by atoms with Crippen LogP contribution in [0, 0.1) is 11.3 Å². The number of nitriles is 1. The van der Waals surface area contributed by atoms with Gasteiger partial charge < -0.3 is 9.94 Å². The van der Waals surface area contributed by atoms with E-state index in [2.05, 4.69) is 16.4 Å². The maximum Gasteiger partial charge on any atom is 0.358 e. The van der Waals surface area contributed by atoms with Gasteiger partial charge in [-0.3, -0.25) is 0 Å². The van der Waals surface area contributed by atoms with Gasteiger partial charge in [-0.1, -0.05) is 29.1 Å². The molecule has 0 amide bonds. The van der Waals surface area contributed by atoms with Crippen LogP contribution in [0.3, 0.4) is 0 Å². The smallest absolute Gasteiger partial charge is 0.358 e. The summed E-state index contributed by atoms with van der Waals surface area (Å²) in [6, 6.07) is 16.4. The predicted molar refractivity (Wildman–Crippen MR) is 79.6 cm³/mol. The van der Waals surface area contributed by atoms with Gasteiger partial charge in [0.1, 0.15) is 6.20 Å². The van der Waals surface area contributed by atoms with E-state index in [0.717, 1.165) is 16.0 Å². The Bertz CT molecular complexity index is 894. The second kappa shape index (κ2) is 5.99. The third kappa shape index (κ3) is 3.16. The van der Waals surface area contributed by atoms with Gasteiger partial charge in [-0.05, 0) is 40.6 Å². The number of aromatic nitrogens is 3. The molecule has 2 aromatic carbocycles. The maximum atomic E-state index is 10.8. The fraction of sp³-hybridized carbons (Fsp3) is 0. The Morgan fingerprint density at radius 3 is 2.61 bits per heavy atom. The Balaban J connectivity index is 1.84. The number of benzene rings is 2. The molecule has 0 radical (unpaired) electrons. The molecule has 23 heavy (non-hydrogen) atoms. The van der Waals surface area contributed by atoms with Crippen molar-refractivity contribution in [2.75, 3.05) is 0 Å². The van der Waals surface area contributed by atoms with Crippen LogP contribution in [0.5, 0.6) is 5.75 Å². The molecule has 0 aliphatic carbocycles. The van der Waals surface area contributed by atoms with E-state index in [9.17, 15) is 4.79 Å². The number of carboxylic acid groups (broad SMARTS) is 1. The van der Waals surface area contributed by atoms with Gasteiger partial charge in [0.15, 0.2) is 11.4 Å². The summed E-state index contributed by atoms with van der Waals surface area (Å²) in [5.41, 5.74) is 2.21. The number of carbonyl (C=O) groups is 1. The molecule has 0 unspecified atom stereocenters. The van der Waals surface area contributed by atoms with Crippen molar-refractivity contribution in [3.05, 3.63) is 66.0 Å². The van der Waals surface area contributed by atoms with Crippen molar-refractivity contribution in [1.82, 2.24) is 15.2 Å². The number of aromatic carboxylic acids is 1. The molecule has 3 rings (SSSR count). The van der Waals surface area contributed by atoms with Crippen molar-refractivity contribution in [3.63, 3.8) is 0 Å². The molecule has 0 saturated heterocycles. The fourth-order valence-electron chi connectivity index (χ4n) is 1.97. The second-order valence-corrected chi connectivity index (χ2v) is 4.62. The van der Waals surface area contributed by atoms with Gasteiger partial charge in [0.25, 0.3) is 0 Å². The van der Waals surface area contributed by atoms with Crippen molar-refractivity contribution in [1.29, 1.82) is 5.26 Å². The summed E-state index contributed by atoms with van der Waals surface area (Å²) in [5.74, 6) is -0.695. The summed E-state index contributed by atoms with van der Waals surface area (Å²) in [6.45, 7) is 0. The molecule has 0 atom stereocenters. The Morgan fingerprint density at radius 2 is 1.96 bits per heavy atom. The molecule has 7 nitrogen and oxygen atoms in total. The Morgan fingerprint density at radius 1 is 1.17 bits per heavy atom. The van der Waals surface area contributed by atoms with Gasteiger partial charge in [0, 0.05) is 0 Å². The average molecular weight is 306 g/mol. The van der Waals surface area contributed by atoms with Crippen LogP contribution in [0.2, 0.25) is 0 Å². The zero-order valence-corrected chi connectivity index (χ0v) is 11.7. The highest BCUT2D eigenvalue weighted by Gasteiger charge is 2.09. The van der Waals surface area contributed by atoms with Crippen LogP contribution >= 0.6 is 0 Å². The molecule has 3 aromatic rings. The molecule has 1 aromatic heterocycles.